The Morgan fingerprint density at radius 1 is 0.931 bits per heavy atom. The van der Waals surface area contributed by atoms with E-state index < -0.39 is 5.82 Å². The molecular formula is C22H18BrFN2O2S. The Hall–Kier alpha value is -2.64. The van der Waals surface area contributed by atoms with Crippen LogP contribution in [-0.4, -0.2) is 17.1 Å². The second-order valence-electron chi connectivity index (χ2n) is 6.25. The molecule has 0 aliphatic rings. The van der Waals surface area contributed by atoms with Crippen LogP contribution >= 0.6 is 27.7 Å². The van der Waals surface area contributed by atoms with Crippen LogP contribution in [-0.2, 0) is 4.79 Å². The van der Waals surface area contributed by atoms with E-state index in [1.807, 2.05) is 43.3 Å². The van der Waals surface area contributed by atoms with Crippen molar-refractivity contribution in [2.75, 3.05) is 10.6 Å². The number of carbonyl (C=O) groups is 2. The summed E-state index contributed by atoms with van der Waals surface area (Å²) in [6, 6.07) is 20.0. The summed E-state index contributed by atoms with van der Waals surface area (Å²) < 4.78 is 13.9. The minimum absolute atomic E-state index is 0.113. The smallest absolute Gasteiger partial charge is 0.255 e. The third-order valence-corrected chi connectivity index (χ3v) is 5.61. The minimum atomic E-state index is -0.393. The number of rotatable bonds is 6. The molecule has 0 spiro atoms. The maximum atomic E-state index is 13.0. The summed E-state index contributed by atoms with van der Waals surface area (Å²) in [4.78, 5) is 25.6. The van der Waals surface area contributed by atoms with Crippen LogP contribution in [0.25, 0.3) is 0 Å². The number of amides is 2. The van der Waals surface area contributed by atoms with E-state index in [4.69, 9.17) is 0 Å². The number of anilines is 2. The lowest BCUT2D eigenvalue weighted by Crippen LogP contribution is -2.22. The van der Waals surface area contributed by atoms with Gasteiger partial charge in [0.05, 0.1) is 5.25 Å². The zero-order valence-corrected chi connectivity index (χ0v) is 17.9. The van der Waals surface area contributed by atoms with Gasteiger partial charge in [0.2, 0.25) is 5.91 Å². The summed E-state index contributed by atoms with van der Waals surface area (Å²) in [5.41, 5.74) is 1.70. The summed E-state index contributed by atoms with van der Waals surface area (Å²) in [5.74, 6) is -0.832. The summed E-state index contributed by atoms with van der Waals surface area (Å²) in [6.45, 7) is 1.82. The first-order chi connectivity index (χ1) is 13.9. The van der Waals surface area contributed by atoms with E-state index in [1.165, 1.54) is 36.0 Å². The first kappa shape index (κ1) is 21.1. The predicted molar refractivity (Wildman–Crippen MR) is 119 cm³/mol. The maximum Gasteiger partial charge on any atom is 0.255 e. The molecular weight excluding hydrogens is 455 g/mol. The van der Waals surface area contributed by atoms with Gasteiger partial charge in [-0.15, -0.1) is 11.8 Å². The van der Waals surface area contributed by atoms with Crippen molar-refractivity contribution in [3.8, 4) is 0 Å². The second kappa shape index (κ2) is 9.71. The van der Waals surface area contributed by atoms with E-state index in [1.54, 1.807) is 12.1 Å². The van der Waals surface area contributed by atoms with Gasteiger partial charge < -0.3 is 10.6 Å². The molecule has 2 N–H and O–H groups in total. The molecule has 0 heterocycles. The van der Waals surface area contributed by atoms with Crippen LogP contribution in [0.3, 0.4) is 0 Å². The van der Waals surface area contributed by atoms with Crippen LogP contribution < -0.4 is 10.6 Å². The average Bonchev–Trinajstić information content (AvgIpc) is 2.70. The van der Waals surface area contributed by atoms with Gasteiger partial charge in [-0.3, -0.25) is 9.59 Å². The molecule has 0 saturated carbocycles. The Bertz CT molecular complexity index is 1010. The van der Waals surface area contributed by atoms with Gasteiger partial charge in [0.25, 0.3) is 5.91 Å². The number of nitrogens with one attached hydrogen (secondary N) is 2. The number of carbonyl (C=O) groups excluding carboxylic acids is 2. The first-order valence-corrected chi connectivity index (χ1v) is 10.5. The number of hydrogen-bond donors (Lipinski definition) is 2. The van der Waals surface area contributed by atoms with Crippen LogP contribution in [0.4, 0.5) is 15.8 Å². The molecule has 29 heavy (non-hydrogen) atoms. The van der Waals surface area contributed by atoms with Crippen molar-refractivity contribution in [1.82, 2.24) is 0 Å². The largest absolute Gasteiger partial charge is 0.325 e. The molecule has 1 atom stereocenters. The predicted octanol–water partition coefficient (Wildman–Crippen LogP) is 5.96. The van der Waals surface area contributed by atoms with E-state index in [2.05, 4.69) is 26.6 Å². The van der Waals surface area contributed by atoms with Crippen molar-refractivity contribution in [3.63, 3.8) is 0 Å². The highest BCUT2D eigenvalue weighted by Crippen LogP contribution is 2.27. The fourth-order valence-corrected chi connectivity index (χ4v) is 3.68. The molecule has 1 unspecified atom stereocenters. The van der Waals surface area contributed by atoms with E-state index >= 15 is 0 Å². The van der Waals surface area contributed by atoms with Gasteiger partial charge in [0.15, 0.2) is 0 Å². The summed E-state index contributed by atoms with van der Waals surface area (Å²) in [7, 11) is 0. The fraction of sp³-hybridized carbons (Fsp3) is 0.0909. The third kappa shape index (κ3) is 6.17. The first-order valence-electron chi connectivity index (χ1n) is 8.81. The Balaban J connectivity index is 1.61. The zero-order valence-electron chi connectivity index (χ0n) is 15.5. The van der Waals surface area contributed by atoms with Crippen molar-refractivity contribution < 1.29 is 14.0 Å². The highest BCUT2D eigenvalue weighted by Gasteiger charge is 2.15. The van der Waals surface area contributed by atoms with Crippen molar-refractivity contribution in [2.24, 2.45) is 0 Å². The minimum Gasteiger partial charge on any atom is -0.325 e. The second-order valence-corrected chi connectivity index (χ2v) is 8.57. The van der Waals surface area contributed by atoms with Crippen LogP contribution in [0.2, 0.25) is 0 Å². The standard InChI is InChI=1S/C22H18BrFN2O2S/c1-14(21(27)25-18-11-7-16(23)8-12-18)29-20-4-2-3-19(13-20)26-22(28)15-5-9-17(24)10-6-15/h2-14H,1H3,(H,25,27)(H,26,28). The normalized spacial score (nSPS) is 11.6. The van der Waals surface area contributed by atoms with Crippen molar-refractivity contribution in [2.45, 2.75) is 17.1 Å². The summed E-state index contributed by atoms with van der Waals surface area (Å²) in [6.07, 6.45) is 0. The van der Waals surface area contributed by atoms with Gasteiger partial charge in [0.1, 0.15) is 5.82 Å². The molecule has 0 saturated heterocycles. The topological polar surface area (TPSA) is 58.2 Å². The zero-order chi connectivity index (χ0) is 20.8. The van der Waals surface area contributed by atoms with Gasteiger partial charge in [-0.2, -0.15) is 0 Å². The van der Waals surface area contributed by atoms with Crippen LogP contribution in [0.15, 0.2) is 82.2 Å². The summed E-state index contributed by atoms with van der Waals surface area (Å²) in [5, 5.41) is 5.34. The molecule has 148 valence electrons. The third-order valence-electron chi connectivity index (χ3n) is 3.99. The Morgan fingerprint density at radius 2 is 1.62 bits per heavy atom. The Kier molecular flexibility index (Phi) is 7.06. The molecule has 0 radical (unpaired) electrons. The van der Waals surface area contributed by atoms with Gasteiger partial charge in [0, 0.05) is 26.3 Å². The van der Waals surface area contributed by atoms with Crippen molar-refractivity contribution in [3.05, 3.63) is 88.6 Å². The molecule has 7 heteroatoms. The average molecular weight is 473 g/mol. The van der Waals surface area contributed by atoms with E-state index in [0.29, 0.717) is 11.3 Å². The molecule has 3 rings (SSSR count). The fourth-order valence-electron chi connectivity index (χ4n) is 2.49. The molecule has 0 fully saturated rings. The lowest BCUT2D eigenvalue weighted by Gasteiger charge is -2.13. The number of thioether (sulfide) groups is 1. The van der Waals surface area contributed by atoms with Crippen LogP contribution in [0.5, 0.6) is 0 Å². The monoisotopic (exact) mass is 472 g/mol. The lowest BCUT2D eigenvalue weighted by molar-refractivity contribution is -0.115. The van der Waals surface area contributed by atoms with E-state index in [9.17, 15) is 14.0 Å². The van der Waals surface area contributed by atoms with E-state index in [0.717, 1.165) is 15.1 Å². The van der Waals surface area contributed by atoms with Gasteiger partial charge >= 0.3 is 0 Å². The number of hydrogen-bond acceptors (Lipinski definition) is 3. The molecule has 0 aliphatic heterocycles. The maximum absolute atomic E-state index is 13.0. The SMILES string of the molecule is CC(Sc1cccc(NC(=O)c2ccc(F)cc2)c1)C(=O)Nc1ccc(Br)cc1. The van der Waals surface area contributed by atoms with Crippen molar-refractivity contribution >= 4 is 50.9 Å². The molecule has 0 aromatic heterocycles. The Morgan fingerprint density at radius 3 is 2.31 bits per heavy atom. The molecule has 0 bridgehead atoms. The number of halogens is 2. The Labute approximate surface area is 181 Å². The molecule has 2 amide bonds. The van der Waals surface area contributed by atoms with Crippen molar-refractivity contribution in [1.29, 1.82) is 0 Å². The van der Waals surface area contributed by atoms with Gasteiger partial charge in [-0.05, 0) is 73.7 Å². The molecule has 3 aromatic carbocycles. The lowest BCUT2D eigenvalue weighted by atomic mass is 10.2. The molecule has 0 aliphatic carbocycles. The quantitative estimate of drug-likeness (QED) is 0.435. The highest BCUT2D eigenvalue weighted by molar-refractivity contribution is 9.10. The van der Waals surface area contributed by atoms with Gasteiger partial charge in [-0.1, -0.05) is 22.0 Å². The molecule has 4 nitrogen and oxygen atoms in total. The van der Waals surface area contributed by atoms with E-state index in [-0.39, 0.29) is 17.1 Å². The number of benzene rings is 3. The van der Waals surface area contributed by atoms with Gasteiger partial charge in [-0.25, -0.2) is 4.39 Å². The van der Waals surface area contributed by atoms with Crippen LogP contribution in [0.1, 0.15) is 17.3 Å². The summed E-state index contributed by atoms with van der Waals surface area (Å²) >= 11 is 4.75. The highest BCUT2D eigenvalue weighted by atomic mass is 79.9. The van der Waals surface area contributed by atoms with Crippen LogP contribution in [0, 0.1) is 5.82 Å². The molecule has 3 aromatic rings.